The van der Waals surface area contributed by atoms with Crippen molar-refractivity contribution in [2.24, 2.45) is 0 Å². The lowest BCUT2D eigenvalue weighted by atomic mass is 10.1. The third-order valence-electron chi connectivity index (χ3n) is 2.80. The molecule has 0 aliphatic rings. The van der Waals surface area contributed by atoms with E-state index in [0.29, 0.717) is 24.4 Å². The molecule has 1 rings (SSSR count). The number of rotatable bonds is 6. The van der Waals surface area contributed by atoms with Crippen molar-refractivity contribution in [3.63, 3.8) is 0 Å². The molecule has 0 aliphatic carbocycles. The van der Waals surface area contributed by atoms with E-state index >= 15 is 0 Å². The van der Waals surface area contributed by atoms with Crippen LogP contribution >= 0.6 is 0 Å². The molecule has 0 aliphatic heterocycles. The average molecular weight is 280 g/mol. The van der Waals surface area contributed by atoms with Gasteiger partial charge < -0.3 is 20.1 Å². The first kappa shape index (κ1) is 15.8. The number of hydrogen-bond donors (Lipinski definition) is 2. The van der Waals surface area contributed by atoms with E-state index in [0.717, 1.165) is 0 Å². The number of methoxy groups -OCH3 is 1. The molecule has 0 fully saturated rings. The molecule has 2 N–H and O–H groups in total. The van der Waals surface area contributed by atoms with Crippen LogP contribution in [-0.2, 0) is 4.79 Å². The molecule has 1 aromatic rings. The van der Waals surface area contributed by atoms with Crippen molar-refractivity contribution in [3.8, 4) is 11.5 Å². The van der Waals surface area contributed by atoms with Crippen LogP contribution in [0.15, 0.2) is 18.2 Å². The SMILES string of the molecule is CCNC(=O)CN(CC)C(=O)c1ccc(OC)c(O)c1. The Morgan fingerprint density at radius 1 is 1.35 bits per heavy atom. The second-order valence-electron chi connectivity index (χ2n) is 4.16. The second kappa shape index (κ2) is 7.37. The number of aromatic hydroxyl groups is 1. The monoisotopic (exact) mass is 280 g/mol. The molecule has 0 bridgehead atoms. The van der Waals surface area contributed by atoms with Crippen LogP contribution in [0.1, 0.15) is 24.2 Å². The van der Waals surface area contributed by atoms with Gasteiger partial charge in [-0.15, -0.1) is 0 Å². The summed E-state index contributed by atoms with van der Waals surface area (Å²) in [5, 5.41) is 12.3. The van der Waals surface area contributed by atoms with Crippen LogP contribution in [0.4, 0.5) is 0 Å². The summed E-state index contributed by atoms with van der Waals surface area (Å²) in [6.07, 6.45) is 0. The Morgan fingerprint density at radius 2 is 2.05 bits per heavy atom. The molecular formula is C14H20N2O4. The minimum absolute atomic E-state index is 0.00400. The first-order chi connectivity index (χ1) is 9.53. The fraction of sp³-hybridized carbons (Fsp3) is 0.429. The quantitative estimate of drug-likeness (QED) is 0.814. The van der Waals surface area contributed by atoms with Gasteiger partial charge in [-0.05, 0) is 32.0 Å². The van der Waals surface area contributed by atoms with Gasteiger partial charge in [0, 0.05) is 18.7 Å². The van der Waals surface area contributed by atoms with Crippen LogP contribution in [0.25, 0.3) is 0 Å². The van der Waals surface area contributed by atoms with Crippen LogP contribution in [0.5, 0.6) is 11.5 Å². The smallest absolute Gasteiger partial charge is 0.254 e. The topological polar surface area (TPSA) is 78.9 Å². The average Bonchev–Trinajstić information content (AvgIpc) is 2.44. The Hall–Kier alpha value is -2.24. The number of ether oxygens (including phenoxy) is 1. The molecule has 6 nitrogen and oxygen atoms in total. The number of phenolic OH excluding ortho intramolecular Hbond substituents is 1. The number of benzene rings is 1. The molecule has 0 unspecified atom stereocenters. The number of likely N-dealkylation sites (N-methyl/N-ethyl adjacent to an activating group) is 2. The number of hydrogen-bond acceptors (Lipinski definition) is 4. The Labute approximate surface area is 118 Å². The molecule has 6 heteroatoms. The number of carbonyl (C=O) groups is 2. The van der Waals surface area contributed by atoms with Gasteiger partial charge in [-0.3, -0.25) is 9.59 Å². The van der Waals surface area contributed by atoms with Crippen molar-refractivity contribution in [2.45, 2.75) is 13.8 Å². The number of phenols is 1. The molecule has 0 spiro atoms. The van der Waals surface area contributed by atoms with E-state index in [-0.39, 0.29) is 24.1 Å². The minimum Gasteiger partial charge on any atom is -0.504 e. The lowest BCUT2D eigenvalue weighted by molar-refractivity contribution is -0.121. The molecule has 0 atom stereocenters. The first-order valence-corrected chi connectivity index (χ1v) is 6.46. The summed E-state index contributed by atoms with van der Waals surface area (Å²) in [6, 6.07) is 4.41. The van der Waals surface area contributed by atoms with Gasteiger partial charge in [0.15, 0.2) is 11.5 Å². The summed E-state index contributed by atoms with van der Waals surface area (Å²) in [4.78, 5) is 25.2. The normalized spacial score (nSPS) is 9.95. The molecule has 0 heterocycles. The van der Waals surface area contributed by atoms with E-state index in [4.69, 9.17) is 4.74 Å². The fourth-order valence-electron chi connectivity index (χ4n) is 1.76. The van der Waals surface area contributed by atoms with E-state index in [1.54, 1.807) is 13.0 Å². The third kappa shape index (κ3) is 3.88. The van der Waals surface area contributed by atoms with Crippen molar-refractivity contribution >= 4 is 11.8 Å². The highest BCUT2D eigenvalue weighted by molar-refractivity contribution is 5.97. The first-order valence-electron chi connectivity index (χ1n) is 6.46. The highest BCUT2D eigenvalue weighted by Gasteiger charge is 2.18. The summed E-state index contributed by atoms with van der Waals surface area (Å²) in [5.41, 5.74) is 0.314. The summed E-state index contributed by atoms with van der Waals surface area (Å²) in [5.74, 6) is -0.321. The number of nitrogens with zero attached hydrogens (tertiary/aromatic N) is 1. The van der Waals surface area contributed by atoms with Crippen molar-refractivity contribution < 1.29 is 19.4 Å². The largest absolute Gasteiger partial charge is 0.504 e. The van der Waals surface area contributed by atoms with Gasteiger partial charge in [-0.1, -0.05) is 0 Å². The lowest BCUT2D eigenvalue weighted by Gasteiger charge is -2.20. The predicted octanol–water partition coefficient (Wildman–Crippen LogP) is 0.999. The van der Waals surface area contributed by atoms with E-state index in [1.165, 1.54) is 24.1 Å². The molecule has 2 amide bonds. The maximum Gasteiger partial charge on any atom is 0.254 e. The van der Waals surface area contributed by atoms with Gasteiger partial charge in [-0.25, -0.2) is 0 Å². The number of amides is 2. The number of nitrogens with one attached hydrogen (secondary N) is 1. The van der Waals surface area contributed by atoms with E-state index < -0.39 is 0 Å². The molecule has 20 heavy (non-hydrogen) atoms. The number of carbonyl (C=O) groups excluding carboxylic acids is 2. The Bertz CT molecular complexity index is 488. The maximum atomic E-state index is 12.3. The summed E-state index contributed by atoms with van der Waals surface area (Å²) in [7, 11) is 1.43. The van der Waals surface area contributed by atoms with Crippen LogP contribution in [0.3, 0.4) is 0 Å². The summed E-state index contributed by atoms with van der Waals surface area (Å²) in [6.45, 7) is 4.53. The highest BCUT2D eigenvalue weighted by atomic mass is 16.5. The minimum atomic E-state index is -0.309. The van der Waals surface area contributed by atoms with Crippen molar-refractivity contribution in [2.75, 3.05) is 26.7 Å². The van der Waals surface area contributed by atoms with Crippen LogP contribution in [0, 0.1) is 0 Å². The van der Waals surface area contributed by atoms with Crippen LogP contribution < -0.4 is 10.1 Å². The standard InChI is InChI=1S/C14H20N2O4/c1-4-15-13(18)9-16(5-2)14(19)10-6-7-12(20-3)11(17)8-10/h6-8,17H,4-5,9H2,1-3H3,(H,15,18). The zero-order valence-electron chi connectivity index (χ0n) is 12.0. The van der Waals surface area contributed by atoms with E-state index in [2.05, 4.69) is 5.32 Å². The van der Waals surface area contributed by atoms with Gasteiger partial charge in [-0.2, -0.15) is 0 Å². The van der Waals surface area contributed by atoms with Gasteiger partial charge >= 0.3 is 0 Å². The molecule has 0 radical (unpaired) electrons. The zero-order chi connectivity index (χ0) is 15.1. The Morgan fingerprint density at radius 3 is 2.55 bits per heavy atom. The highest BCUT2D eigenvalue weighted by Crippen LogP contribution is 2.26. The Kier molecular flexibility index (Phi) is 5.83. The second-order valence-corrected chi connectivity index (χ2v) is 4.16. The molecule has 110 valence electrons. The lowest BCUT2D eigenvalue weighted by Crippen LogP contribution is -2.40. The summed E-state index contributed by atoms with van der Waals surface area (Å²) < 4.78 is 4.92. The van der Waals surface area contributed by atoms with Gasteiger partial charge in [0.2, 0.25) is 5.91 Å². The van der Waals surface area contributed by atoms with Gasteiger partial charge in [0.25, 0.3) is 5.91 Å². The van der Waals surface area contributed by atoms with Crippen LogP contribution in [0.2, 0.25) is 0 Å². The van der Waals surface area contributed by atoms with Crippen molar-refractivity contribution in [1.29, 1.82) is 0 Å². The summed E-state index contributed by atoms with van der Waals surface area (Å²) >= 11 is 0. The van der Waals surface area contributed by atoms with E-state index in [9.17, 15) is 14.7 Å². The van der Waals surface area contributed by atoms with Crippen molar-refractivity contribution in [3.05, 3.63) is 23.8 Å². The molecule has 1 aromatic carbocycles. The van der Waals surface area contributed by atoms with Gasteiger partial charge in [0.1, 0.15) is 0 Å². The molecule has 0 aromatic heterocycles. The molecular weight excluding hydrogens is 260 g/mol. The predicted molar refractivity (Wildman–Crippen MR) is 74.9 cm³/mol. The molecule has 0 saturated carbocycles. The third-order valence-corrected chi connectivity index (χ3v) is 2.80. The van der Waals surface area contributed by atoms with E-state index in [1.807, 2.05) is 6.92 Å². The Balaban J connectivity index is 2.85. The van der Waals surface area contributed by atoms with Gasteiger partial charge in [0.05, 0.1) is 13.7 Å². The fourth-order valence-corrected chi connectivity index (χ4v) is 1.76. The maximum absolute atomic E-state index is 12.3. The van der Waals surface area contributed by atoms with Crippen molar-refractivity contribution in [1.82, 2.24) is 10.2 Å². The zero-order valence-corrected chi connectivity index (χ0v) is 12.0. The molecule has 0 saturated heterocycles. The van der Waals surface area contributed by atoms with Crippen LogP contribution in [-0.4, -0.2) is 48.6 Å².